The van der Waals surface area contributed by atoms with Crippen LogP contribution >= 0.6 is 0 Å². The molecule has 0 aromatic heterocycles. The molecule has 1 atom stereocenters. The van der Waals surface area contributed by atoms with Crippen molar-refractivity contribution in [3.63, 3.8) is 0 Å². The zero-order chi connectivity index (χ0) is 19.5. The first-order valence-corrected chi connectivity index (χ1v) is 9.89. The van der Waals surface area contributed by atoms with E-state index in [4.69, 9.17) is 0 Å². The van der Waals surface area contributed by atoms with E-state index < -0.39 is 27.8 Å². The van der Waals surface area contributed by atoms with Crippen molar-refractivity contribution in [1.29, 1.82) is 0 Å². The van der Waals surface area contributed by atoms with Gasteiger partial charge >= 0.3 is 5.97 Å². The second-order valence-electron chi connectivity index (χ2n) is 6.19. The molecule has 1 N–H and O–H groups in total. The van der Waals surface area contributed by atoms with E-state index >= 15 is 0 Å². The fourth-order valence-electron chi connectivity index (χ4n) is 2.60. The molecule has 6 nitrogen and oxygen atoms in total. The Morgan fingerprint density at radius 2 is 1.73 bits per heavy atom. The van der Waals surface area contributed by atoms with Crippen LogP contribution in [0.1, 0.15) is 28.4 Å². The molecule has 7 heteroatoms. The molecular formula is C19H21NO5S. The topological polar surface area (TPSA) is 91.8 Å². The van der Waals surface area contributed by atoms with Crippen molar-refractivity contribution in [2.45, 2.75) is 31.3 Å². The van der Waals surface area contributed by atoms with Gasteiger partial charge in [-0.2, -0.15) is 0 Å². The van der Waals surface area contributed by atoms with Crippen molar-refractivity contribution in [2.24, 2.45) is 0 Å². The van der Waals surface area contributed by atoms with E-state index in [1.807, 2.05) is 6.07 Å². The van der Waals surface area contributed by atoms with Crippen LogP contribution in [0.25, 0.3) is 0 Å². The summed E-state index contributed by atoms with van der Waals surface area (Å²) in [6.45, 7) is 3.18. The summed E-state index contributed by atoms with van der Waals surface area (Å²) in [7, 11) is -3.50. The highest BCUT2D eigenvalue weighted by Gasteiger charge is 2.27. The fraction of sp³-hybridized carbons (Fsp3) is 0.263. The van der Waals surface area contributed by atoms with E-state index in [1.165, 1.54) is 24.0 Å². The second kappa shape index (κ2) is 7.70. The third-order valence-electron chi connectivity index (χ3n) is 4.12. The van der Waals surface area contributed by atoms with Gasteiger partial charge in [-0.3, -0.25) is 4.79 Å². The quantitative estimate of drug-likeness (QED) is 0.838. The first-order chi connectivity index (χ1) is 12.1. The van der Waals surface area contributed by atoms with E-state index in [1.54, 1.807) is 37.3 Å². The van der Waals surface area contributed by atoms with E-state index in [0.717, 1.165) is 11.8 Å². The molecule has 0 saturated carbocycles. The van der Waals surface area contributed by atoms with E-state index in [2.05, 4.69) is 0 Å². The van der Waals surface area contributed by atoms with Crippen LogP contribution in [0.4, 0.5) is 0 Å². The van der Waals surface area contributed by atoms with Crippen molar-refractivity contribution in [3.8, 4) is 0 Å². The maximum absolute atomic E-state index is 13.0. The summed E-state index contributed by atoms with van der Waals surface area (Å²) in [6.07, 6.45) is 1.07. The summed E-state index contributed by atoms with van der Waals surface area (Å²) in [6, 6.07) is 12.3. The number of aryl methyl sites for hydroxylation is 1. The molecule has 2 aromatic carbocycles. The molecule has 0 aliphatic rings. The summed E-state index contributed by atoms with van der Waals surface area (Å²) in [5.41, 5.74) is 1.45. The number of benzene rings is 2. The number of sulfone groups is 1. The summed E-state index contributed by atoms with van der Waals surface area (Å²) in [5.74, 6) is -1.67. The Morgan fingerprint density at radius 3 is 2.27 bits per heavy atom. The van der Waals surface area contributed by atoms with Gasteiger partial charge in [0.2, 0.25) is 0 Å². The van der Waals surface area contributed by atoms with Crippen molar-refractivity contribution >= 4 is 21.7 Å². The number of carboxylic acids is 1. The lowest BCUT2D eigenvalue weighted by molar-refractivity contribution is -0.141. The summed E-state index contributed by atoms with van der Waals surface area (Å²) in [4.78, 5) is 25.7. The standard InChI is InChI=1S/C19H21NO5S/c1-13-9-10-16(11-17(13)26(3,24)25)18(21)20(14(2)19(22)23)12-15-7-5-4-6-8-15/h4-11,14H,12H2,1-3H3,(H,22,23). The van der Waals surface area contributed by atoms with Gasteiger partial charge in [-0.25, -0.2) is 13.2 Å². The van der Waals surface area contributed by atoms with Crippen LogP contribution in [0.3, 0.4) is 0 Å². The second-order valence-corrected chi connectivity index (χ2v) is 8.17. The third kappa shape index (κ3) is 4.49. The SMILES string of the molecule is Cc1ccc(C(=O)N(Cc2ccccc2)C(C)C(=O)O)cc1S(C)(=O)=O. The van der Waals surface area contributed by atoms with Gasteiger partial charge in [-0.15, -0.1) is 0 Å². The van der Waals surface area contributed by atoms with Crippen LogP contribution in [-0.2, 0) is 21.2 Å². The van der Waals surface area contributed by atoms with Gasteiger partial charge in [0.25, 0.3) is 5.91 Å². The Hall–Kier alpha value is -2.67. The molecule has 26 heavy (non-hydrogen) atoms. The maximum atomic E-state index is 13.0. The van der Waals surface area contributed by atoms with E-state index in [9.17, 15) is 23.1 Å². The Bertz CT molecular complexity index is 922. The van der Waals surface area contributed by atoms with Gasteiger partial charge < -0.3 is 10.0 Å². The molecule has 0 spiro atoms. The van der Waals surface area contributed by atoms with Crippen LogP contribution < -0.4 is 0 Å². The molecular weight excluding hydrogens is 354 g/mol. The minimum absolute atomic E-state index is 0.0611. The first-order valence-electron chi connectivity index (χ1n) is 7.99. The molecule has 1 unspecified atom stereocenters. The van der Waals surface area contributed by atoms with Crippen molar-refractivity contribution in [1.82, 2.24) is 4.90 Å². The number of carbonyl (C=O) groups is 2. The van der Waals surface area contributed by atoms with Gasteiger partial charge in [-0.05, 0) is 37.1 Å². The smallest absolute Gasteiger partial charge is 0.326 e. The number of hydrogen-bond donors (Lipinski definition) is 1. The maximum Gasteiger partial charge on any atom is 0.326 e. The zero-order valence-electron chi connectivity index (χ0n) is 14.8. The van der Waals surface area contributed by atoms with Gasteiger partial charge in [0.1, 0.15) is 6.04 Å². The molecule has 0 radical (unpaired) electrons. The predicted molar refractivity (Wildman–Crippen MR) is 97.7 cm³/mol. The summed E-state index contributed by atoms with van der Waals surface area (Å²) < 4.78 is 23.8. The van der Waals surface area contributed by atoms with E-state index in [-0.39, 0.29) is 17.0 Å². The lowest BCUT2D eigenvalue weighted by Gasteiger charge is -2.27. The fourth-order valence-corrected chi connectivity index (χ4v) is 3.59. The number of nitrogens with zero attached hydrogens (tertiary/aromatic N) is 1. The Kier molecular flexibility index (Phi) is 5.82. The van der Waals surface area contributed by atoms with Crippen molar-refractivity contribution in [2.75, 3.05) is 6.26 Å². The predicted octanol–water partition coefficient (Wildman–Crippen LogP) is 2.51. The molecule has 138 valence electrons. The minimum atomic E-state index is -3.50. The normalized spacial score (nSPS) is 12.4. The van der Waals surface area contributed by atoms with Crippen molar-refractivity contribution in [3.05, 3.63) is 65.2 Å². The highest BCUT2D eigenvalue weighted by Crippen LogP contribution is 2.20. The lowest BCUT2D eigenvalue weighted by atomic mass is 10.1. The number of carboxylic acid groups (broad SMARTS) is 1. The van der Waals surface area contributed by atoms with Gasteiger partial charge in [0.15, 0.2) is 9.84 Å². The summed E-state index contributed by atoms with van der Waals surface area (Å²) >= 11 is 0. The van der Waals surface area contributed by atoms with Gasteiger partial charge in [0.05, 0.1) is 4.90 Å². The lowest BCUT2D eigenvalue weighted by Crippen LogP contribution is -2.42. The van der Waals surface area contributed by atoms with Crippen LogP contribution in [0.15, 0.2) is 53.4 Å². The summed E-state index contributed by atoms with van der Waals surface area (Å²) in [5, 5.41) is 9.36. The number of rotatable bonds is 6. The Balaban J connectivity index is 2.45. The third-order valence-corrected chi connectivity index (χ3v) is 5.35. The molecule has 0 bridgehead atoms. The highest BCUT2D eigenvalue weighted by atomic mass is 32.2. The number of aliphatic carboxylic acids is 1. The number of carbonyl (C=O) groups excluding carboxylic acids is 1. The first kappa shape index (κ1) is 19.7. The molecule has 0 heterocycles. The average molecular weight is 375 g/mol. The number of amides is 1. The molecule has 1 amide bonds. The highest BCUT2D eigenvalue weighted by molar-refractivity contribution is 7.90. The molecule has 2 aromatic rings. The van der Waals surface area contributed by atoms with E-state index in [0.29, 0.717) is 5.56 Å². The average Bonchev–Trinajstić information content (AvgIpc) is 2.58. The monoisotopic (exact) mass is 375 g/mol. The molecule has 0 aliphatic carbocycles. The Morgan fingerprint density at radius 1 is 1.12 bits per heavy atom. The largest absolute Gasteiger partial charge is 0.480 e. The Labute approximate surface area is 153 Å². The molecule has 0 saturated heterocycles. The van der Waals surface area contributed by atoms with Crippen LogP contribution in [0, 0.1) is 6.92 Å². The van der Waals surface area contributed by atoms with Crippen molar-refractivity contribution < 1.29 is 23.1 Å². The molecule has 0 aliphatic heterocycles. The minimum Gasteiger partial charge on any atom is -0.480 e. The molecule has 2 rings (SSSR count). The molecule has 0 fully saturated rings. The zero-order valence-corrected chi connectivity index (χ0v) is 15.7. The van der Waals surface area contributed by atoms with Gasteiger partial charge in [-0.1, -0.05) is 36.4 Å². The van der Waals surface area contributed by atoms with Gasteiger partial charge in [0, 0.05) is 18.4 Å². The van der Waals surface area contributed by atoms with Crippen LogP contribution in [0.5, 0.6) is 0 Å². The van der Waals surface area contributed by atoms with Crippen LogP contribution in [0.2, 0.25) is 0 Å². The van der Waals surface area contributed by atoms with Crippen LogP contribution in [-0.4, -0.2) is 42.6 Å². The number of hydrogen-bond acceptors (Lipinski definition) is 4.